The van der Waals surface area contributed by atoms with E-state index in [9.17, 15) is 4.79 Å². The fraction of sp³-hybridized carbons (Fsp3) is 0.188. The summed E-state index contributed by atoms with van der Waals surface area (Å²) >= 11 is 6.77. The number of amides is 1. The molecule has 0 heterocycles. The van der Waals surface area contributed by atoms with Gasteiger partial charge in [-0.15, -0.1) is 0 Å². The first-order valence-electron chi connectivity index (χ1n) is 6.45. The molecule has 20 heavy (non-hydrogen) atoms. The van der Waals surface area contributed by atoms with Crippen molar-refractivity contribution in [2.24, 2.45) is 0 Å². The highest BCUT2D eigenvalue weighted by molar-refractivity contribution is 9.11. The van der Waals surface area contributed by atoms with Crippen LogP contribution in [0.15, 0.2) is 51.4 Å². The van der Waals surface area contributed by atoms with Gasteiger partial charge < -0.3 is 5.32 Å². The third-order valence-corrected chi connectivity index (χ3v) is 4.11. The van der Waals surface area contributed by atoms with E-state index >= 15 is 0 Å². The number of carbonyl (C=O) groups is 1. The molecule has 1 amide bonds. The van der Waals surface area contributed by atoms with E-state index in [0.29, 0.717) is 5.56 Å². The summed E-state index contributed by atoms with van der Waals surface area (Å²) in [5.41, 5.74) is 2.70. The molecule has 0 unspecified atom stereocenters. The number of hydrogen-bond acceptors (Lipinski definition) is 1. The van der Waals surface area contributed by atoms with E-state index in [1.54, 1.807) is 6.07 Å². The lowest BCUT2D eigenvalue weighted by molar-refractivity contribution is 0.102. The maximum absolute atomic E-state index is 12.2. The summed E-state index contributed by atoms with van der Waals surface area (Å²) in [4.78, 5) is 12.2. The summed E-state index contributed by atoms with van der Waals surface area (Å²) < 4.78 is 1.66. The molecule has 0 aliphatic rings. The van der Waals surface area contributed by atoms with Gasteiger partial charge in [0.2, 0.25) is 0 Å². The Morgan fingerprint density at radius 1 is 1.10 bits per heavy atom. The number of rotatable bonds is 4. The van der Waals surface area contributed by atoms with E-state index in [0.717, 1.165) is 27.5 Å². The van der Waals surface area contributed by atoms with Crippen LogP contribution < -0.4 is 5.32 Å². The largest absolute Gasteiger partial charge is 0.322 e. The minimum Gasteiger partial charge on any atom is -0.322 e. The van der Waals surface area contributed by atoms with Crippen LogP contribution in [0.25, 0.3) is 0 Å². The monoisotopic (exact) mass is 395 g/mol. The SMILES string of the molecule is CCCc1ccc(NC(=O)c2cc(Br)ccc2Br)cc1. The first-order chi connectivity index (χ1) is 9.60. The molecule has 0 radical (unpaired) electrons. The van der Waals surface area contributed by atoms with Gasteiger partial charge in [0, 0.05) is 14.6 Å². The third-order valence-electron chi connectivity index (χ3n) is 2.92. The predicted octanol–water partition coefficient (Wildman–Crippen LogP) is 5.42. The highest BCUT2D eigenvalue weighted by Gasteiger charge is 2.10. The van der Waals surface area contributed by atoms with Crippen molar-refractivity contribution in [1.82, 2.24) is 0 Å². The van der Waals surface area contributed by atoms with Gasteiger partial charge >= 0.3 is 0 Å². The molecule has 2 rings (SSSR count). The van der Waals surface area contributed by atoms with Crippen molar-refractivity contribution < 1.29 is 4.79 Å². The maximum Gasteiger partial charge on any atom is 0.256 e. The molecule has 104 valence electrons. The average Bonchev–Trinajstić information content (AvgIpc) is 2.44. The van der Waals surface area contributed by atoms with Gasteiger partial charge in [0.25, 0.3) is 5.91 Å². The van der Waals surface area contributed by atoms with Crippen LogP contribution in [0.5, 0.6) is 0 Å². The topological polar surface area (TPSA) is 29.1 Å². The summed E-state index contributed by atoms with van der Waals surface area (Å²) in [6, 6.07) is 13.5. The number of hydrogen-bond donors (Lipinski definition) is 1. The molecule has 0 aromatic heterocycles. The summed E-state index contributed by atoms with van der Waals surface area (Å²) in [5.74, 6) is -0.124. The van der Waals surface area contributed by atoms with Crippen LogP contribution in [-0.4, -0.2) is 5.91 Å². The molecule has 2 aromatic carbocycles. The molecule has 0 fully saturated rings. The highest BCUT2D eigenvalue weighted by atomic mass is 79.9. The van der Waals surface area contributed by atoms with E-state index in [4.69, 9.17) is 0 Å². The van der Waals surface area contributed by atoms with E-state index < -0.39 is 0 Å². The zero-order valence-corrected chi connectivity index (χ0v) is 14.3. The first-order valence-corrected chi connectivity index (χ1v) is 8.04. The van der Waals surface area contributed by atoms with Gasteiger partial charge in [-0.25, -0.2) is 0 Å². The zero-order chi connectivity index (χ0) is 14.5. The summed E-state index contributed by atoms with van der Waals surface area (Å²) in [5, 5.41) is 2.91. The lowest BCUT2D eigenvalue weighted by Gasteiger charge is -2.08. The molecule has 0 spiro atoms. The standard InChI is InChI=1S/C16H15Br2NO/c1-2-3-11-4-7-13(8-5-11)19-16(20)14-10-12(17)6-9-15(14)18/h4-10H,2-3H2,1H3,(H,19,20). The molecule has 0 atom stereocenters. The lowest BCUT2D eigenvalue weighted by atomic mass is 10.1. The van der Waals surface area contributed by atoms with Gasteiger partial charge in [-0.3, -0.25) is 4.79 Å². The molecule has 4 heteroatoms. The average molecular weight is 397 g/mol. The van der Waals surface area contributed by atoms with Crippen LogP contribution in [0, 0.1) is 0 Å². The predicted molar refractivity (Wildman–Crippen MR) is 90.2 cm³/mol. The van der Waals surface area contributed by atoms with Crippen molar-refractivity contribution in [3.05, 3.63) is 62.5 Å². The third kappa shape index (κ3) is 3.93. The summed E-state index contributed by atoms with van der Waals surface area (Å²) in [6.45, 7) is 2.15. The van der Waals surface area contributed by atoms with Gasteiger partial charge in [0.1, 0.15) is 0 Å². The van der Waals surface area contributed by atoms with Crippen molar-refractivity contribution in [2.45, 2.75) is 19.8 Å². The van der Waals surface area contributed by atoms with Crippen molar-refractivity contribution >= 4 is 43.5 Å². The van der Waals surface area contributed by atoms with Crippen molar-refractivity contribution in [3.8, 4) is 0 Å². The van der Waals surface area contributed by atoms with Gasteiger partial charge in [-0.1, -0.05) is 41.4 Å². The first kappa shape index (κ1) is 15.3. The van der Waals surface area contributed by atoms with Crippen LogP contribution in [0.4, 0.5) is 5.69 Å². The van der Waals surface area contributed by atoms with Crippen LogP contribution in [-0.2, 0) is 6.42 Å². The molecule has 0 aliphatic heterocycles. The van der Waals surface area contributed by atoms with Crippen LogP contribution in [0.3, 0.4) is 0 Å². The van der Waals surface area contributed by atoms with Crippen molar-refractivity contribution in [3.63, 3.8) is 0 Å². The van der Waals surface area contributed by atoms with E-state index in [-0.39, 0.29) is 5.91 Å². The van der Waals surface area contributed by atoms with Gasteiger partial charge in [-0.2, -0.15) is 0 Å². The second kappa shape index (κ2) is 7.04. The number of benzene rings is 2. The molecular weight excluding hydrogens is 382 g/mol. The second-order valence-corrected chi connectivity index (χ2v) is 6.30. The molecule has 0 bridgehead atoms. The van der Waals surface area contributed by atoms with Crippen LogP contribution in [0.2, 0.25) is 0 Å². The fourth-order valence-electron chi connectivity index (χ4n) is 1.91. The minimum absolute atomic E-state index is 0.124. The Morgan fingerprint density at radius 3 is 2.45 bits per heavy atom. The Kier molecular flexibility index (Phi) is 5.38. The Bertz CT molecular complexity index is 608. The van der Waals surface area contributed by atoms with E-state index in [2.05, 4.69) is 56.2 Å². The van der Waals surface area contributed by atoms with Crippen molar-refractivity contribution in [1.29, 1.82) is 0 Å². The van der Waals surface area contributed by atoms with Gasteiger partial charge in [0.15, 0.2) is 0 Å². The van der Waals surface area contributed by atoms with Crippen LogP contribution in [0.1, 0.15) is 29.3 Å². The number of anilines is 1. The van der Waals surface area contributed by atoms with E-state index in [1.807, 2.05) is 24.3 Å². The molecule has 0 aliphatic carbocycles. The molecule has 0 saturated heterocycles. The highest BCUT2D eigenvalue weighted by Crippen LogP contribution is 2.22. The van der Waals surface area contributed by atoms with Gasteiger partial charge in [0.05, 0.1) is 5.56 Å². The summed E-state index contributed by atoms with van der Waals surface area (Å²) in [6.07, 6.45) is 2.18. The van der Waals surface area contributed by atoms with Gasteiger partial charge in [-0.05, 0) is 58.2 Å². The fourth-order valence-corrected chi connectivity index (χ4v) is 2.70. The lowest BCUT2D eigenvalue weighted by Crippen LogP contribution is -2.12. The molecular formula is C16H15Br2NO. The Hall–Kier alpha value is -1.13. The second-order valence-electron chi connectivity index (χ2n) is 4.53. The number of halogens is 2. The number of nitrogens with one attached hydrogen (secondary N) is 1. The smallest absolute Gasteiger partial charge is 0.256 e. The van der Waals surface area contributed by atoms with Crippen LogP contribution >= 0.6 is 31.9 Å². The summed E-state index contributed by atoms with van der Waals surface area (Å²) in [7, 11) is 0. The number of carbonyl (C=O) groups excluding carboxylic acids is 1. The molecule has 2 nitrogen and oxygen atoms in total. The zero-order valence-electron chi connectivity index (χ0n) is 11.1. The normalized spacial score (nSPS) is 10.3. The molecule has 0 saturated carbocycles. The molecule has 1 N–H and O–H groups in total. The number of aryl methyl sites for hydroxylation is 1. The molecule has 2 aromatic rings. The van der Waals surface area contributed by atoms with Crippen molar-refractivity contribution in [2.75, 3.05) is 5.32 Å². The Balaban J connectivity index is 2.13. The quantitative estimate of drug-likeness (QED) is 0.734. The Labute approximate surface area is 135 Å². The minimum atomic E-state index is -0.124. The van der Waals surface area contributed by atoms with E-state index in [1.165, 1.54) is 5.56 Å². The maximum atomic E-state index is 12.2. The Morgan fingerprint density at radius 2 is 1.80 bits per heavy atom.